The second-order valence-corrected chi connectivity index (χ2v) is 5.10. The lowest BCUT2D eigenvalue weighted by Crippen LogP contribution is -2.29. The van der Waals surface area contributed by atoms with Gasteiger partial charge in [-0.2, -0.15) is 0 Å². The quantitative estimate of drug-likeness (QED) is 0.920. The third-order valence-electron chi connectivity index (χ3n) is 3.36. The normalized spacial score (nSPS) is 11.4. The predicted molar refractivity (Wildman–Crippen MR) is 72.5 cm³/mol. The van der Waals surface area contributed by atoms with E-state index in [2.05, 4.69) is 0 Å². The van der Waals surface area contributed by atoms with Crippen LogP contribution in [-0.2, 0) is 10.2 Å². The van der Waals surface area contributed by atoms with Gasteiger partial charge in [0.1, 0.15) is 11.6 Å². The molecular formula is C16H14F2O2. The molecule has 0 aliphatic carbocycles. The van der Waals surface area contributed by atoms with E-state index >= 15 is 0 Å². The van der Waals surface area contributed by atoms with Crippen LogP contribution in [-0.4, -0.2) is 11.1 Å². The molecule has 0 saturated carbocycles. The van der Waals surface area contributed by atoms with Crippen LogP contribution < -0.4 is 0 Å². The number of aliphatic carboxylic acids is 1. The highest BCUT2D eigenvalue weighted by Gasteiger charge is 2.32. The Kier molecular flexibility index (Phi) is 3.57. The number of hydrogen-bond acceptors (Lipinski definition) is 1. The smallest absolute Gasteiger partial charge is 0.313 e. The summed E-state index contributed by atoms with van der Waals surface area (Å²) in [6.07, 6.45) is 0. The summed E-state index contributed by atoms with van der Waals surface area (Å²) < 4.78 is 26.9. The standard InChI is InChI=1S/C16H14F2O2/c1-16(2,15(19)20)13-6-4-3-5-11(13)12-8-7-10(17)9-14(12)18/h3-9H,1-2H3,(H,19,20). The molecule has 0 aromatic heterocycles. The van der Waals surface area contributed by atoms with Crippen LogP contribution in [0.4, 0.5) is 8.78 Å². The largest absolute Gasteiger partial charge is 0.481 e. The van der Waals surface area contributed by atoms with Crippen molar-refractivity contribution < 1.29 is 18.7 Å². The monoisotopic (exact) mass is 276 g/mol. The van der Waals surface area contributed by atoms with Gasteiger partial charge in [0.05, 0.1) is 5.41 Å². The Morgan fingerprint density at radius 2 is 1.70 bits per heavy atom. The Morgan fingerprint density at radius 3 is 2.30 bits per heavy atom. The van der Waals surface area contributed by atoms with Crippen LogP contribution in [0.2, 0.25) is 0 Å². The minimum absolute atomic E-state index is 0.191. The number of carboxylic acids is 1. The summed E-state index contributed by atoms with van der Waals surface area (Å²) in [7, 11) is 0. The third-order valence-corrected chi connectivity index (χ3v) is 3.36. The molecule has 2 aromatic rings. The molecule has 2 aromatic carbocycles. The zero-order chi connectivity index (χ0) is 14.9. The van der Waals surface area contributed by atoms with Gasteiger partial charge >= 0.3 is 5.97 Å². The molecule has 0 amide bonds. The summed E-state index contributed by atoms with van der Waals surface area (Å²) in [5, 5.41) is 9.33. The summed E-state index contributed by atoms with van der Waals surface area (Å²) in [5.74, 6) is -2.38. The molecule has 104 valence electrons. The maximum Gasteiger partial charge on any atom is 0.313 e. The van der Waals surface area contributed by atoms with Gasteiger partial charge in [0.15, 0.2) is 0 Å². The lowest BCUT2D eigenvalue weighted by Gasteiger charge is -2.23. The van der Waals surface area contributed by atoms with Crippen molar-refractivity contribution in [2.45, 2.75) is 19.3 Å². The van der Waals surface area contributed by atoms with Gasteiger partial charge in [0.25, 0.3) is 0 Å². The van der Waals surface area contributed by atoms with Gasteiger partial charge < -0.3 is 5.11 Å². The fourth-order valence-electron chi connectivity index (χ4n) is 2.09. The van der Waals surface area contributed by atoms with E-state index in [1.54, 1.807) is 38.1 Å². The zero-order valence-corrected chi connectivity index (χ0v) is 11.2. The number of benzene rings is 2. The van der Waals surface area contributed by atoms with Crippen molar-refractivity contribution >= 4 is 5.97 Å². The zero-order valence-electron chi connectivity index (χ0n) is 11.2. The Bertz CT molecular complexity index is 663. The highest BCUT2D eigenvalue weighted by atomic mass is 19.1. The van der Waals surface area contributed by atoms with Crippen molar-refractivity contribution in [3.05, 3.63) is 59.7 Å². The fourth-order valence-corrected chi connectivity index (χ4v) is 2.09. The molecule has 0 bridgehead atoms. The van der Waals surface area contributed by atoms with Gasteiger partial charge in [-0.25, -0.2) is 8.78 Å². The number of rotatable bonds is 3. The molecule has 0 aliphatic rings. The summed E-state index contributed by atoms with van der Waals surface area (Å²) in [6.45, 7) is 3.10. The van der Waals surface area contributed by atoms with Crippen molar-refractivity contribution in [3.8, 4) is 11.1 Å². The van der Waals surface area contributed by atoms with Gasteiger partial charge in [-0.3, -0.25) is 4.79 Å². The van der Waals surface area contributed by atoms with E-state index in [1.807, 2.05) is 0 Å². The van der Waals surface area contributed by atoms with Crippen LogP contribution in [0, 0.1) is 11.6 Å². The number of halogens is 2. The molecule has 0 spiro atoms. The fraction of sp³-hybridized carbons (Fsp3) is 0.188. The van der Waals surface area contributed by atoms with E-state index < -0.39 is 23.0 Å². The summed E-state index contributed by atoms with van der Waals surface area (Å²) in [4.78, 5) is 11.4. The molecule has 1 N–H and O–H groups in total. The summed E-state index contributed by atoms with van der Waals surface area (Å²) >= 11 is 0. The van der Waals surface area contributed by atoms with E-state index in [1.165, 1.54) is 6.07 Å². The van der Waals surface area contributed by atoms with Crippen LogP contribution in [0.15, 0.2) is 42.5 Å². The van der Waals surface area contributed by atoms with Crippen LogP contribution in [0.3, 0.4) is 0 Å². The van der Waals surface area contributed by atoms with Crippen molar-refractivity contribution in [3.63, 3.8) is 0 Å². The lowest BCUT2D eigenvalue weighted by molar-refractivity contribution is -0.142. The maximum absolute atomic E-state index is 13.9. The SMILES string of the molecule is CC(C)(C(=O)O)c1ccccc1-c1ccc(F)cc1F. The predicted octanol–water partition coefficient (Wildman–Crippen LogP) is 3.99. The van der Waals surface area contributed by atoms with Crippen LogP contribution in [0.25, 0.3) is 11.1 Å². The molecule has 4 heteroatoms. The Morgan fingerprint density at radius 1 is 1.05 bits per heavy atom. The van der Waals surface area contributed by atoms with Crippen molar-refractivity contribution in [2.75, 3.05) is 0 Å². The Labute approximate surface area is 115 Å². The van der Waals surface area contributed by atoms with E-state index in [0.29, 0.717) is 11.1 Å². The summed E-state index contributed by atoms with van der Waals surface area (Å²) in [6, 6.07) is 9.94. The second-order valence-electron chi connectivity index (χ2n) is 5.10. The van der Waals surface area contributed by atoms with Crippen molar-refractivity contribution in [2.24, 2.45) is 0 Å². The second kappa shape index (κ2) is 5.04. The molecule has 2 nitrogen and oxygen atoms in total. The summed E-state index contributed by atoms with van der Waals surface area (Å²) in [5.41, 5.74) is -0.0380. The molecule has 0 aliphatic heterocycles. The third kappa shape index (κ3) is 2.41. The van der Waals surface area contributed by atoms with Gasteiger partial charge in [-0.15, -0.1) is 0 Å². The highest BCUT2D eigenvalue weighted by Crippen LogP contribution is 2.34. The minimum Gasteiger partial charge on any atom is -0.481 e. The lowest BCUT2D eigenvalue weighted by atomic mass is 9.80. The van der Waals surface area contributed by atoms with Gasteiger partial charge in [0.2, 0.25) is 0 Å². The van der Waals surface area contributed by atoms with Gasteiger partial charge in [-0.1, -0.05) is 24.3 Å². The first kappa shape index (κ1) is 14.2. The van der Waals surface area contributed by atoms with Crippen molar-refractivity contribution in [1.29, 1.82) is 0 Å². The van der Waals surface area contributed by atoms with Gasteiger partial charge in [0, 0.05) is 11.6 Å². The first-order valence-electron chi connectivity index (χ1n) is 6.12. The minimum atomic E-state index is -1.17. The van der Waals surface area contributed by atoms with Crippen molar-refractivity contribution in [1.82, 2.24) is 0 Å². The van der Waals surface area contributed by atoms with Crippen LogP contribution >= 0.6 is 0 Å². The molecule has 0 radical (unpaired) electrons. The Hall–Kier alpha value is -2.23. The maximum atomic E-state index is 13.9. The number of carbonyl (C=O) groups is 1. The van der Waals surface area contributed by atoms with Crippen LogP contribution in [0.1, 0.15) is 19.4 Å². The highest BCUT2D eigenvalue weighted by molar-refractivity contribution is 5.84. The molecule has 0 unspecified atom stereocenters. The van der Waals surface area contributed by atoms with E-state index in [9.17, 15) is 18.7 Å². The molecule has 20 heavy (non-hydrogen) atoms. The van der Waals surface area contributed by atoms with E-state index in [4.69, 9.17) is 0 Å². The molecule has 2 rings (SSSR count). The van der Waals surface area contributed by atoms with Gasteiger partial charge in [-0.05, 0) is 37.1 Å². The molecule has 0 heterocycles. The average molecular weight is 276 g/mol. The van der Waals surface area contributed by atoms with E-state index in [0.717, 1.165) is 12.1 Å². The first-order chi connectivity index (χ1) is 9.34. The van der Waals surface area contributed by atoms with Crippen LogP contribution in [0.5, 0.6) is 0 Å². The Balaban J connectivity index is 2.67. The topological polar surface area (TPSA) is 37.3 Å². The molecule has 0 saturated heterocycles. The number of carboxylic acid groups (broad SMARTS) is 1. The average Bonchev–Trinajstić information content (AvgIpc) is 2.38. The molecule has 0 fully saturated rings. The molecule has 0 atom stereocenters. The first-order valence-corrected chi connectivity index (χ1v) is 6.12. The van der Waals surface area contributed by atoms with E-state index in [-0.39, 0.29) is 5.56 Å². The number of hydrogen-bond donors (Lipinski definition) is 1. The molecular weight excluding hydrogens is 262 g/mol.